The zero-order valence-electron chi connectivity index (χ0n) is 26.0. The van der Waals surface area contributed by atoms with Crippen molar-refractivity contribution in [2.75, 3.05) is 32.8 Å². The van der Waals surface area contributed by atoms with E-state index in [1.165, 1.54) is 6.07 Å². The fourth-order valence-electron chi connectivity index (χ4n) is 5.24. The summed E-state index contributed by atoms with van der Waals surface area (Å²) in [6.45, 7) is 7.65. The molecule has 45 heavy (non-hydrogen) atoms. The van der Waals surface area contributed by atoms with Gasteiger partial charge in [-0.2, -0.15) is 0 Å². The van der Waals surface area contributed by atoms with Gasteiger partial charge in [0.15, 0.2) is 0 Å². The number of benzene rings is 2. The van der Waals surface area contributed by atoms with E-state index in [-0.39, 0.29) is 31.2 Å². The van der Waals surface area contributed by atoms with Crippen molar-refractivity contribution >= 4 is 29.1 Å². The van der Waals surface area contributed by atoms with E-state index in [2.05, 4.69) is 10.6 Å². The Hall–Kier alpha value is -4.58. The summed E-state index contributed by atoms with van der Waals surface area (Å²) >= 11 is 0. The molecule has 0 radical (unpaired) electrons. The maximum Gasteiger partial charge on any atom is 0.407 e. The molecule has 12 nitrogen and oxygen atoms in total. The molecule has 1 fully saturated rings. The molecule has 0 bridgehead atoms. The molecule has 242 valence electrons. The zero-order valence-corrected chi connectivity index (χ0v) is 26.0. The number of likely N-dealkylation sites (tertiary alicyclic amines) is 1. The van der Waals surface area contributed by atoms with Gasteiger partial charge in [-0.05, 0) is 68.7 Å². The van der Waals surface area contributed by atoms with Crippen LogP contribution >= 0.6 is 0 Å². The van der Waals surface area contributed by atoms with Crippen molar-refractivity contribution in [3.63, 3.8) is 0 Å². The summed E-state index contributed by atoms with van der Waals surface area (Å²) in [4.78, 5) is 50.8. The van der Waals surface area contributed by atoms with E-state index in [4.69, 9.17) is 14.2 Å². The van der Waals surface area contributed by atoms with E-state index < -0.39 is 29.8 Å². The number of carboxylic acid groups (broad SMARTS) is 1. The van der Waals surface area contributed by atoms with E-state index in [9.17, 15) is 24.3 Å². The van der Waals surface area contributed by atoms with Crippen molar-refractivity contribution in [1.82, 2.24) is 20.1 Å². The van der Waals surface area contributed by atoms with Crippen LogP contribution < -0.4 is 20.9 Å². The average molecular weight is 623 g/mol. The quantitative estimate of drug-likeness (QED) is 0.241. The minimum Gasteiger partial charge on any atom is -0.493 e. The van der Waals surface area contributed by atoms with E-state index >= 15 is 0 Å². The highest BCUT2D eigenvalue weighted by Crippen LogP contribution is 2.24. The summed E-state index contributed by atoms with van der Waals surface area (Å²) in [5.74, 6) is -0.440. The van der Waals surface area contributed by atoms with Gasteiger partial charge in [-0.15, -0.1) is 0 Å². The molecule has 1 aliphatic heterocycles. The Bertz CT molecular complexity index is 1520. The predicted octanol–water partition coefficient (Wildman–Crippen LogP) is 4.00. The standard InChI is InChI=1S/C33H42N4O8/c1-33(2,3)45-32(42)34-14-7-17-43-26-12-10-25-11-13-29(38)37(27(25)19-26)16-15-36-21-24(18-28(36)30(39)40)20-35-31(41)44-22-23-8-5-4-6-9-23/h4-6,8-13,19,24,28H,7,14-18,20-22H2,1-3H3,(H,34,42)(H,35,41)(H,39,40)/t24-,28-/m0/s1. The molecular weight excluding hydrogens is 580 g/mol. The van der Waals surface area contributed by atoms with Gasteiger partial charge >= 0.3 is 18.2 Å². The summed E-state index contributed by atoms with van der Waals surface area (Å²) in [5, 5.41) is 16.2. The van der Waals surface area contributed by atoms with Crippen LogP contribution in [0.2, 0.25) is 0 Å². The number of aliphatic carboxylic acids is 1. The molecule has 2 heterocycles. The second-order valence-electron chi connectivity index (χ2n) is 12.1. The van der Waals surface area contributed by atoms with Crippen LogP contribution in [-0.4, -0.2) is 77.2 Å². The van der Waals surface area contributed by atoms with Gasteiger partial charge in [0.25, 0.3) is 5.56 Å². The molecule has 4 rings (SSSR count). The number of rotatable bonds is 13. The lowest BCUT2D eigenvalue weighted by Gasteiger charge is -2.22. The molecule has 2 amide bonds. The van der Waals surface area contributed by atoms with Gasteiger partial charge in [-0.1, -0.05) is 30.3 Å². The van der Waals surface area contributed by atoms with Crippen molar-refractivity contribution in [2.24, 2.45) is 5.92 Å². The van der Waals surface area contributed by atoms with Gasteiger partial charge in [0.2, 0.25) is 0 Å². The van der Waals surface area contributed by atoms with Gasteiger partial charge in [0.05, 0.1) is 12.1 Å². The highest BCUT2D eigenvalue weighted by molar-refractivity contribution is 5.80. The number of nitrogens with one attached hydrogen (secondary N) is 2. The van der Waals surface area contributed by atoms with Crippen LogP contribution in [0.3, 0.4) is 0 Å². The Balaban J connectivity index is 1.30. The summed E-state index contributed by atoms with van der Waals surface area (Å²) < 4.78 is 18.0. The molecule has 1 aliphatic rings. The molecule has 2 aromatic carbocycles. The lowest BCUT2D eigenvalue weighted by atomic mass is 10.1. The van der Waals surface area contributed by atoms with Crippen molar-refractivity contribution < 1.29 is 33.7 Å². The van der Waals surface area contributed by atoms with Crippen molar-refractivity contribution in [2.45, 2.75) is 58.4 Å². The summed E-state index contributed by atoms with van der Waals surface area (Å²) in [5.41, 5.74) is 0.784. The molecule has 2 atom stereocenters. The number of nitrogens with zero attached hydrogens (tertiary/aromatic N) is 2. The van der Waals surface area contributed by atoms with Crippen LogP contribution in [0.1, 0.15) is 39.2 Å². The minimum atomic E-state index is -0.939. The SMILES string of the molecule is CC(C)(C)OC(=O)NCCCOc1ccc2ccc(=O)n(CCN3C[C@H](CNC(=O)OCc4ccccc4)C[C@H]3C(=O)O)c2c1. The first-order valence-corrected chi connectivity index (χ1v) is 15.1. The molecule has 0 aliphatic carbocycles. The third kappa shape index (κ3) is 10.2. The number of carbonyl (C=O) groups is 3. The number of hydrogen-bond donors (Lipinski definition) is 3. The van der Waals surface area contributed by atoms with E-state index in [0.29, 0.717) is 50.3 Å². The Kier molecular flexibility index (Phi) is 11.4. The van der Waals surface area contributed by atoms with Crippen LogP contribution in [0.15, 0.2) is 65.5 Å². The molecule has 12 heteroatoms. The maximum atomic E-state index is 12.9. The number of fused-ring (bicyclic) bond motifs is 1. The number of pyridine rings is 1. The molecule has 3 aromatic rings. The number of amides is 2. The molecule has 3 N–H and O–H groups in total. The van der Waals surface area contributed by atoms with Crippen molar-refractivity contribution in [3.05, 3.63) is 76.6 Å². The van der Waals surface area contributed by atoms with Gasteiger partial charge in [0, 0.05) is 44.9 Å². The highest BCUT2D eigenvalue weighted by atomic mass is 16.6. The topological polar surface area (TPSA) is 148 Å². The second-order valence-corrected chi connectivity index (χ2v) is 12.1. The number of ether oxygens (including phenoxy) is 3. The number of alkyl carbamates (subject to hydrolysis) is 2. The van der Waals surface area contributed by atoms with Gasteiger partial charge in [-0.25, -0.2) is 9.59 Å². The molecule has 1 saturated heterocycles. The lowest BCUT2D eigenvalue weighted by Crippen LogP contribution is -2.39. The summed E-state index contributed by atoms with van der Waals surface area (Å²) in [6.07, 6.45) is -0.0990. The first kappa shape index (κ1) is 33.3. The Morgan fingerprint density at radius 2 is 1.73 bits per heavy atom. The number of aromatic nitrogens is 1. The molecule has 0 spiro atoms. The molecule has 0 unspecified atom stereocenters. The smallest absolute Gasteiger partial charge is 0.407 e. The fraction of sp³-hybridized carbons (Fsp3) is 0.455. The molecular formula is C33H42N4O8. The van der Waals surface area contributed by atoms with E-state index in [1.54, 1.807) is 37.5 Å². The minimum absolute atomic E-state index is 0.0792. The Morgan fingerprint density at radius 3 is 2.47 bits per heavy atom. The zero-order chi connectivity index (χ0) is 32.4. The van der Waals surface area contributed by atoms with Crippen LogP contribution in [0.25, 0.3) is 10.9 Å². The van der Waals surface area contributed by atoms with Gasteiger partial charge in [0.1, 0.15) is 24.0 Å². The average Bonchev–Trinajstić information content (AvgIpc) is 3.41. The molecule has 0 saturated carbocycles. The lowest BCUT2D eigenvalue weighted by molar-refractivity contribution is -0.142. The third-order valence-corrected chi connectivity index (χ3v) is 7.36. The van der Waals surface area contributed by atoms with Crippen molar-refractivity contribution in [3.8, 4) is 5.75 Å². The highest BCUT2D eigenvalue weighted by Gasteiger charge is 2.36. The largest absolute Gasteiger partial charge is 0.493 e. The number of carbonyl (C=O) groups excluding carboxylic acids is 2. The van der Waals surface area contributed by atoms with Crippen LogP contribution in [0, 0.1) is 5.92 Å². The number of carboxylic acids is 1. The Morgan fingerprint density at radius 1 is 0.978 bits per heavy atom. The maximum absolute atomic E-state index is 12.9. The monoisotopic (exact) mass is 622 g/mol. The normalized spacial score (nSPS) is 16.7. The third-order valence-electron chi connectivity index (χ3n) is 7.36. The number of hydrogen-bond acceptors (Lipinski definition) is 8. The van der Waals surface area contributed by atoms with Crippen LogP contribution in [0.5, 0.6) is 5.75 Å². The van der Waals surface area contributed by atoms with E-state index in [1.807, 2.05) is 47.4 Å². The van der Waals surface area contributed by atoms with Crippen LogP contribution in [0.4, 0.5) is 9.59 Å². The predicted molar refractivity (Wildman–Crippen MR) is 168 cm³/mol. The first-order chi connectivity index (χ1) is 21.5. The summed E-state index contributed by atoms with van der Waals surface area (Å²) in [6, 6.07) is 17.4. The van der Waals surface area contributed by atoms with E-state index in [0.717, 1.165) is 10.9 Å². The van der Waals surface area contributed by atoms with Gasteiger partial charge in [-0.3, -0.25) is 14.5 Å². The van der Waals surface area contributed by atoms with Gasteiger partial charge < -0.3 is 34.5 Å². The van der Waals surface area contributed by atoms with Crippen LogP contribution in [-0.2, 0) is 27.4 Å². The first-order valence-electron chi connectivity index (χ1n) is 15.1. The molecule has 1 aromatic heterocycles. The van der Waals surface area contributed by atoms with Crippen molar-refractivity contribution in [1.29, 1.82) is 0 Å². The Labute approximate surface area is 262 Å². The second kappa shape index (κ2) is 15.4. The summed E-state index contributed by atoms with van der Waals surface area (Å²) in [7, 11) is 0. The fourth-order valence-corrected chi connectivity index (χ4v) is 5.24.